The van der Waals surface area contributed by atoms with Gasteiger partial charge in [0.1, 0.15) is 11.5 Å². The van der Waals surface area contributed by atoms with Crippen molar-refractivity contribution in [1.29, 1.82) is 0 Å². The van der Waals surface area contributed by atoms with Gasteiger partial charge in [-0.1, -0.05) is 6.92 Å². The number of H-pyrrole nitrogens is 1. The number of nitrogens with zero attached hydrogens (tertiary/aromatic N) is 3. The zero-order chi connectivity index (χ0) is 14.5. The maximum Gasteiger partial charge on any atom is 0.216 e. The Kier molecular flexibility index (Phi) is 4.52. The van der Waals surface area contributed by atoms with E-state index in [9.17, 15) is 0 Å². The van der Waals surface area contributed by atoms with E-state index >= 15 is 0 Å². The highest BCUT2D eigenvalue weighted by Gasteiger charge is 2.05. The van der Waals surface area contributed by atoms with Crippen LogP contribution in [0.2, 0.25) is 0 Å². The number of ether oxygens (including phenoxy) is 2. The largest absolute Gasteiger partial charge is 0.497 e. The Balaban J connectivity index is 2.40. The maximum atomic E-state index is 5.30. The number of aromatic nitrogens is 3. The lowest BCUT2D eigenvalue weighted by Crippen LogP contribution is -1.99. The fraction of sp³-hybridized carbons (Fsp3) is 0.308. The Labute approximate surface area is 122 Å². The number of nitrogens with one attached hydrogen (secondary N) is 1. The second-order valence-electron chi connectivity index (χ2n) is 3.96. The van der Waals surface area contributed by atoms with Crippen molar-refractivity contribution in [2.75, 3.05) is 14.2 Å². The molecule has 0 fully saturated rings. The van der Waals surface area contributed by atoms with Crippen LogP contribution in [0.1, 0.15) is 18.3 Å². The van der Waals surface area contributed by atoms with E-state index in [1.54, 1.807) is 25.1 Å². The van der Waals surface area contributed by atoms with Gasteiger partial charge < -0.3 is 9.47 Å². The maximum absolute atomic E-state index is 5.30. The molecule has 1 aromatic carbocycles. The number of hydrogen-bond acceptors (Lipinski definition) is 5. The number of aryl methyl sites for hydroxylation is 1. The molecular weight excluding hydrogens is 276 g/mol. The molecule has 0 atom stereocenters. The first-order valence-corrected chi connectivity index (χ1v) is 6.53. The summed E-state index contributed by atoms with van der Waals surface area (Å²) in [5.41, 5.74) is 0.803. The molecule has 0 saturated carbocycles. The molecule has 1 aromatic heterocycles. The molecule has 0 unspecified atom stereocenters. The van der Waals surface area contributed by atoms with Crippen LogP contribution in [-0.4, -0.2) is 35.3 Å². The Morgan fingerprint density at radius 1 is 1.40 bits per heavy atom. The van der Waals surface area contributed by atoms with Crippen LogP contribution >= 0.6 is 12.2 Å². The summed E-state index contributed by atoms with van der Waals surface area (Å²) >= 11 is 5.14. The summed E-state index contributed by atoms with van der Waals surface area (Å²) in [5.74, 6) is 2.22. The molecule has 106 valence electrons. The van der Waals surface area contributed by atoms with Crippen LogP contribution in [0.3, 0.4) is 0 Å². The van der Waals surface area contributed by atoms with Gasteiger partial charge in [0.15, 0.2) is 5.82 Å². The van der Waals surface area contributed by atoms with Crippen molar-refractivity contribution in [3.8, 4) is 11.5 Å². The molecule has 7 heteroatoms. The molecule has 0 aliphatic rings. The minimum atomic E-state index is 0.458. The van der Waals surface area contributed by atoms with Crippen molar-refractivity contribution in [3.05, 3.63) is 34.4 Å². The van der Waals surface area contributed by atoms with Crippen LogP contribution in [0, 0.1) is 4.77 Å². The number of aromatic amines is 1. The summed E-state index contributed by atoms with van der Waals surface area (Å²) in [4.78, 5) is 0. The van der Waals surface area contributed by atoms with Crippen molar-refractivity contribution >= 4 is 18.4 Å². The molecule has 1 N–H and O–H groups in total. The highest BCUT2D eigenvalue weighted by molar-refractivity contribution is 7.71. The van der Waals surface area contributed by atoms with E-state index in [-0.39, 0.29) is 0 Å². The molecule has 0 radical (unpaired) electrons. The van der Waals surface area contributed by atoms with E-state index in [4.69, 9.17) is 21.7 Å². The lowest BCUT2D eigenvalue weighted by atomic mass is 10.2. The van der Waals surface area contributed by atoms with Gasteiger partial charge in [0.25, 0.3) is 0 Å². The predicted octanol–water partition coefficient (Wildman–Crippen LogP) is 2.40. The Morgan fingerprint density at radius 2 is 2.20 bits per heavy atom. The zero-order valence-corrected chi connectivity index (χ0v) is 12.4. The van der Waals surface area contributed by atoms with Crippen LogP contribution in [-0.2, 0) is 6.42 Å². The summed E-state index contributed by atoms with van der Waals surface area (Å²) in [6.45, 7) is 1.99. The quantitative estimate of drug-likeness (QED) is 0.679. The molecule has 0 aliphatic carbocycles. The zero-order valence-electron chi connectivity index (χ0n) is 11.6. The highest BCUT2D eigenvalue weighted by Crippen LogP contribution is 2.22. The van der Waals surface area contributed by atoms with Crippen LogP contribution in [0.15, 0.2) is 23.3 Å². The highest BCUT2D eigenvalue weighted by atomic mass is 32.1. The fourth-order valence-electron chi connectivity index (χ4n) is 1.73. The molecular formula is C13H16N4O2S. The van der Waals surface area contributed by atoms with E-state index in [2.05, 4.69) is 15.3 Å². The molecule has 2 aromatic rings. The summed E-state index contributed by atoms with van der Waals surface area (Å²) in [5, 5.41) is 11.2. The normalized spacial score (nSPS) is 10.9. The van der Waals surface area contributed by atoms with Crippen molar-refractivity contribution < 1.29 is 9.47 Å². The van der Waals surface area contributed by atoms with Crippen molar-refractivity contribution in [1.82, 2.24) is 14.9 Å². The van der Waals surface area contributed by atoms with E-state index in [1.807, 2.05) is 25.1 Å². The topological polar surface area (TPSA) is 64.4 Å². The molecule has 1 heterocycles. The molecule has 6 nitrogen and oxygen atoms in total. The van der Waals surface area contributed by atoms with Gasteiger partial charge in [0.05, 0.1) is 20.4 Å². The van der Waals surface area contributed by atoms with Gasteiger partial charge in [-0.15, -0.1) is 0 Å². The average Bonchev–Trinajstić information content (AvgIpc) is 2.85. The van der Waals surface area contributed by atoms with Gasteiger partial charge in [0, 0.05) is 12.0 Å². The smallest absolute Gasteiger partial charge is 0.216 e. The molecule has 20 heavy (non-hydrogen) atoms. The van der Waals surface area contributed by atoms with Gasteiger partial charge in [-0.3, -0.25) is 5.10 Å². The number of methoxy groups -OCH3 is 2. The molecule has 0 bridgehead atoms. The summed E-state index contributed by atoms with van der Waals surface area (Å²) in [6, 6.07) is 5.50. The monoisotopic (exact) mass is 292 g/mol. The minimum Gasteiger partial charge on any atom is -0.497 e. The third-order valence-corrected chi connectivity index (χ3v) is 3.05. The summed E-state index contributed by atoms with van der Waals surface area (Å²) < 4.78 is 12.5. The fourth-order valence-corrected chi connectivity index (χ4v) is 1.93. The molecule has 0 saturated heterocycles. The predicted molar refractivity (Wildman–Crippen MR) is 79.3 cm³/mol. The average molecular weight is 292 g/mol. The Hall–Kier alpha value is -2.15. The van der Waals surface area contributed by atoms with Crippen LogP contribution in [0.5, 0.6) is 11.5 Å². The first-order valence-electron chi connectivity index (χ1n) is 6.12. The van der Waals surface area contributed by atoms with Crippen molar-refractivity contribution in [3.63, 3.8) is 0 Å². The van der Waals surface area contributed by atoms with Crippen LogP contribution in [0.25, 0.3) is 0 Å². The van der Waals surface area contributed by atoms with E-state index in [0.29, 0.717) is 10.5 Å². The van der Waals surface area contributed by atoms with Crippen molar-refractivity contribution in [2.45, 2.75) is 13.3 Å². The van der Waals surface area contributed by atoms with Crippen LogP contribution in [0.4, 0.5) is 0 Å². The van der Waals surface area contributed by atoms with Gasteiger partial charge in [-0.25, -0.2) is 0 Å². The van der Waals surface area contributed by atoms with Gasteiger partial charge in [-0.05, 0) is 30.4 Å². The Bertz CT molecular complexity index is 675. The van der Waals surface area contributed by atoms with Crippen molar-refractivity contribution in [2.24, 2.45) is 5.10 Å². The lowest BCUT2D eigenvalue weighted by Gasteiger charge is -2.06. The standard InChI is InChI=1S/C13H16N4O2S/c1-4-12-15-16-13(20)17(12)14-8-9-7-10(18-2)5-6-11(9)19-3/h5-8H,4H2,1-3H3,(H,16,20)/b14-8+. The van der Waals surface area contributed by atoms with Gasteiger partial charge in [-0.2, -0.15) is 14.9 Å². The second kappa shape index (κ2) is 6.33. The SMILES string of the molecule is CCc1n[nH]c(=S)n1/N=C/c1cc(OC)ccc1OC. The van der Waals surface area contributed by atoms with Gasteiger partial charge >= 0.3 is 0 Å². The molecule has 0 spiro atoms. The first-order chi connectivity index (χ1) is 9.69. The number of hydrogen-bond donors (Lipinski definition) is 1. The summed E-state index contributed by atoms with van der Waals surface area (Å²) in [7, 11) is 3.23. The second-order valence-corrected chi connectivity index (χ2v) is 4.35. The van der Waals surface area contributed by atoms with E-state index in [0.717, 1.165) is 23.6 Å². The molecule has 0 aliphatic heterocycles. The van der Waals surface area contributed by atoms with Crippen LogP contribution < -0.4 is 9.47 Å². The molecule has 0 amide bonds. The Morgan fingerprint density at radius 3 is 2.85 bits per heavy atom. The number of benzene rings is 1. The lowest BCUT2D eigenvalue weighted by molar-refractivity contribution is 0.402. The third kappa shape index (κ3) is 2.88. The van der Waals surface area contributed by atoms with E-state index < -0.39 is 0 Å². The number of rotatable bonds is 5. The third-order valence-electron chi connectivity index (χ3n) is 2.78. The minimum absolute atomic E-state index is 0.458. The first kappa shape index (κ1) is 14.3. The van der Waals surface area contributed by atoms with Gasteiger partial charge in [0.2, 0.25) is 4.77 Å². The summed E-state index contributed by atoms with van der Waals surface area (Å²) in [6.07, 6.45) is 2.41. The molecule has 2 rings (SSSR count). The van der Waals surface area contributed by atoms with E-state index in [1.165, 1.54) is 0 Å².